The molecule has 0 atom stereocenters. The molecule has 0 fully saturated rings. The first-order valence-electron chi connectivity index (χ1n) is 25.6. The van der Waals surface area contributed by atoms with E-state index in [4.69, 9.17) is 8.83 Å². The summed E-state index contributed by atoms with van der Waals surface area (Å²) in [6, 6.07) is 82.1. The van der Waals surface area contributed by atoms with Crippen LogP contribution in [0.2, 0.25) is 0 Å². The van der Waals surface area contributed by atoms with Crippen molar-refractivity contribution >= 4 is 128 Å². The van der Waals surface area contributed by atoms with Gasteiger partial charge in [0.1, 0.15) is 45.6 Å². The number of furan rings is 2. The molecule has 8 heteroatoms. The number of anilines is 3. The largest absolute Gasteiger partial charge is 0.456 e. The zero-order valence-electron chi connectivity index (χ0n) is 40.4. The Labute approximate surface area is 434 Å². The SMILES string of the molecule is N#Cc1c2c3c(c(C#N)c1-n1c4cc(-c5ccc6oc7ccccc7c6c5)ccc4c4ccc(-c5ccc6oc7ccccc7c6c5)cc41)-n1c4ccccc4c4cccc(c41)B3c1ccccc1N2c1ccccc1. The molecular weight excluding hydrogens is 930 g/mol. The first kappa shape index (κ1) is 41.0. The van der Waals surface area contributed by atoms with Crippen molar-refractivity contribution in [3.8, 4) is 45.8 Å². The molecule has 0 saturated heterocycles. The van der Waals surface area contributed by atoms with Crippen molar-refractivity contribution in [1.29, 1.82) is 10.5 Å². The maximum atomic E-state index is 12.3. The van der Waals surface area contributed by atoms with E-state index in [-0.39, 0.29) is 6.71 Å². The normalized spacial score (nSPS) is 12.7. The van der Waals surface area contributed by atoms with E-state index < -0.39 is 0 Å². The van der Waals surface area contributed by atoms with Crippen molar-refractivity contribution in [2.75, 3.05) is 4.90 Å². The Balaban J connectivity index is 1.04. The minimum Gasteiger partial charge on any atom is -0.456 e. The molecule has 6 heterocycles. The molecule has 0 unspecified atom stereocenters. The molecule has 4 aromatic heterocycles. The lowest BCUT2D eigenvalue weighted by molar-refractivity contribution is 0.668. The number of hydrogen-bond acceptors (Lipinski definition) is 5. The Kier molecular flexibility index (Phi) is 8.10. The number of benzene rings is 11. The Morgan fingerprint density at radius 2 is 0.855 bits per heavy atom. The van der Waals surface area contributed by atoms with Crippen LogP contribution in [0.25, 0.3) is 121 Å². The van der Waals surface area contributed by atoms with Gasteiger partial charge in [-0.1, -0.05) is 146 Å². The average Bonchev–Trinajstić information content (AvgIpc) is 4.35. The summed E-state index contributed by atoms with van der Waals surface area (Å²) in [5.74, 6) is 0. The fourth-order valence-electron chi connectivity index (χ4n) is 13.2. The Bertz CT molecular complexity index is 5010. The third-order valence-electron chi connectivity index (χ3n) is 16.4. The average molecular weight is 966 g/mol. The summed E-state index contributed by atoms with van der Waals surface area (Å²) >= 11 is 0. The van der Waals surface area contributed by atoms with Crippen molar-refractivity contribution in [3.63, 3.8) is 0 Å². The number of hydrogen-bond donors (Lipinski definition) is 0. The third-order valence-corrected chi connectivity index (χ3v) is 16.4. The van der Waals surface area contributed by atoms with Gasteiger partial charge in [0, 0.05) is 60.0 Å². The van der Waals surface area contributed by atoms with Crippen LogP contribution < -0.4 is 21.3 Å². The van der Waals surface area contributed by atoms with Gasteiger partial charge in [0.05, 0.1) is 33.6 Å². The monoisotopic (exact) mass is 965 g/mol. The van der Waals surface area contributed by atoms with Gasteiger partial charge in [0.25, 0.3) is 6.71 Å². The number of rotatable bonds is 4. The van der Waals surface area contributed by atoms with Gasteiger partial charge in [-0.15, -0.1) is 0 Å². The second-order valence-electron chi connectivity index (χ2n) is 20.1. The number of fused-ring (bicyclic) bond motifs is 16. The molecule has 0 aliphatic carbocycles. The first-order valence-corrected chi connectivity index (χ1v) is 25.6. The van der Waals surface area contributed by atoms with E-state index in [9.17, 15) is 10.5 Å². The van der Waals surface area contributed by atoms with Crippen LogP contribution in [0.5, 0.6) is 0 Å². The van der Waals surface area contributed by atoms with E-state index in [1.54, 1.807) is 0 Å². The standard InChI is InChI=1S/C68H36BN5O2/c70-37-52-65(53(38-71)68-64-67(52)72(43-13-2-1-3-14-43)57-22-9-7-19-54(57)69(64)55-20-12-18-49-44-15-4-8-21-56(44)74(68)66(49)55)73-58-35-41(39-27-31-62-50(33-39)47-16-5-10-23-60(47)75-62)25-29-45(58)46-30-26-42(36-59(46)73)40-28-32-63-51(34-40)48-17-6-11-24-61(48)76-63/h1-36H. The van der Waals surface area contributed by atoms with E-state index in [0.717, 1.165) is 149 Å². The van der Waals surface area contributed by atoms with Gasteiger partial charge in [0.15, 0.2) is 0 Å². The molecule has 17 rings (SSSR count). The zero-order chi connectivity index (χ0) is 49.9. The fourth-order valence-corrected chi connectivity index (χ4v) is 13.2. The summed E-state index contributed by atoms with van der Waals surface area (Å²) in [4.78, 5) is 2.27. The highest BCUT2D eigenvalue weighted by molar-refractivity contribution is 7.00. The van der Waals surface area contributed by atoms with Gasteiger partial charge in [-0.05, 0) is 111 Å². The van der Waals surface area contributed by atoms with Gasteiger partial charge in [-0.25, -0.2) is 0 Å². The van der Waals surface area contributed by atoms with E-state index in [2.05, 4.69) is 202 Å². The Morgan fingerprint density at radius 3 is 1.51 bits per heavy atom. The Morgan fingerprint density at radius 1 is 0.355 bits per heavy atom. The summed E-state index contributed by atoms with van der Waals surface area (Å²) < 4.78 is 17.2. The lowest BCUT2D eigenvalue weighted by Crippen LogP contribution is -2.61. The van der Waals surface area contributed by atoms with Crippen molar-refractivity contribution in [3.05, 3.63) is 230 Å². The molecular formula is C68H36BN5O2. The van der Waals surface area contributed by atoms with Crippen LogP contribution in [-0.4, -0.2) is 15.8 Å². The van der Waals surface area contributed by atoms with Gasteiger partial charge >= 0.3 is 0 Å². The summed E-state index contributed by atoms with van der Waals surface area (Å²) in [5.41, 5.74) is 19.2. The maximum absolute atomic E-state index is 12.3. The fraction of sp³-hybridized carbons (Fsp3) is 0. The van der Waals surface area contributed by atoms with Crippen LogP contribution in [-0.2, 0) is 0 Å². The third kappa shape index (κ3) is 5.33. The topological polar surface area (TPSA) is 87.0 Å². The van der Waals surface area contributed by atoms with E-state index in [1.807, 2.05) is 42.5 Å². The smallest absolute Gasteiger partial charge is 0.252 e. The van der Waals surface area contributed by atoms with E-state index in [0.29, 0.717) is 16.8 Å². The van der Waals surface area contributed by atoms with Crippen molar-refractivity contribution < 1.29 is 8.83 Å². The maximum Gasteiger partial charge on any atom is 0.252 e. The minimum absolute atomic E-state index is 0.283. The molecule has 0 saturated carbocycles. The van der Waals surface area contributed by atoms with Crippen molar-refractivity contribution in [2.24, 2.45) is 0 Å². The molecule has 0 bridgehead atoms. The lowest BCUT2D eigenvalue weighted by atomic mass is 9.33. The van der Waals surface area contributed by atoms with Crippen LogP contribution in [0, 0.1) is 22.7 Å². The highest BCUT2D eigenvalue weighted by atomic mass is 16.3. The molecule has 2 aliphatic heterocycles. The van der Waals surface area contributed by atoms with Gasteiger partial charge in [0.2, 0.25) is 0 Å². The van der Waals surface area contributed by atoms with Crippen molar-refractivity contribution in [2.45, 2.75) is 0 Å². The van der Waals surface area contributed by atoms with E-state index in [1.165, 1.54) is 0 Å². The molecule has 0 amide bonds. The molecule has 15 aromatic rings. The molecule has 0 spiro atoms. The van der Waals surface area contributed by atoms with Crippen molar-refractivity contribution in [1.82, 2.24) is 9.13 Å². The molecule has 2 aliphatic rings. The quantitative estimate of drug-likeness (QED) is 0.164. The minimum atomic E-state index is -0.283. The van der Waals surface area contributed by atoms with Crippen LogP contribution in [0.1, 0.15) is 11.1 Å². The van der Waals surface area contributed by atoms with Crippen LogP contribution in [0.3, 0.4) is 0 Å². The number of nitrogens with zero attached hydrogens (tertiary/aromatic N) is 5. The van der Waals surface area contributed by atoms with E-state index >= 15 is 0 Å². The van der Waals surface area contributed by atoms with Gasteiger partial charge in [-0.3, -0.25) is 0 Å². The molecule has 0 N–H and O–H groups in total. The predicted molar refractivity (Wildman–Crippen MR) is 309 cm³/mol. The predicted octanol–water partition coefficient (Wildman–Crippen LogP) is 15.4. The molecule has 76 heavy (non-hydrogen) atoms. The summed E-state index contributed by atoms with van der Waals surface area (Å²) in [6.45, 7) is -0.283. The second-order valence-corrected chi connectivity index (χ2v) is 20.1. The number of para-hydroxylation sites is 6. The Hall–Kier alpha value is -10.5. The molecule has 7 nitrogen and oxygen atoms in total. The zero-order valence-corrected chi connectivity index (χ0v) is 40.4. The highest BCUT2D eigenvalue weighted by Crippen LogP contribution is 2.49. The van der Waals surface area contributed by atoms with Crippen LogP contribution in [0.15, 0.2) is 227 Å². The summed E-state index contributed by atoms with van der Waals surface area (Å²) in [7, 11) is 0. The molecule has 11 aromatic carbocycles. The van der Waals surface area contributed by atoms with Gasteiger partial charge < -0.3 is 22.9 Å². The number of aromatic nitrogens is 2. The number of nitriles is 2. The molecule has 0 radical (unpaired) electrons. The summed E-state index contributed by atoms with van der Waals surface area (Å²) in [6.07, 6.45) is 0. The first-order chi connectivity index (χ1) is 37.6. The van der Waals surface area contributed by atoms with Crippen LogP contribution >= 0.6 is 0 Å². The molecule has 348 valence electrons. The summed E-state index contributed by atoms with van der Waals surface area (Å²) in [5, 5.41) is 33.0. The van der Waals surface area contributed by atoms with Crippen LogP contribution in [0.4, 0.5) is 17.1 Å². The highest BCUT2D eigenvalue weighted by Gasteiger charge is 2.46. The second kappa shape index (κ2) is 15.0. The lowest BCUT2D eigenvalue weighted by Gasteiger charge is -2.41. The van der Waals surface area contributed by atoms with Gasteiger partial charge in [-0.2, -0.15) is 10.5 Å².